The van der Waals surface area contributed by atoms with E-state index < -0.39 is 28.5 Å². The third-order valence-electron chi connectivity index (χ3n) is 10.5. The van der Waals surface area contributed by atoms with Crippen molar-refractivity contribution < 1.29 is 32.7 Å². The van der Waals surface area contributed by atoms with Crippen LogP contribution in [0.4, 0.5) is 0 Å². The molecule has 1 aromatic rings. The predicted octanol–water partition coefficient (Wildman–Crippen LogP) is 9.99. The van der Waals surface area contributed by atoms with Gasteiger partial charge in [0.15, 0.2) is 16.6 Å². The van der Waals surface area contributed by atoms with Gasteiger partial charge in [0.05, 0.1) is 39.1 Å². The smallest absolute Gasteiger partial charge is 0.316 e. The molecule has 0 aromatic heterocycles. The summed E-state index contributed by atoms with van der Waals surface area (Å²) < 4.78 is 30.8. The topological polar surface area (TPSA) is 80.3 Å². The number of benzene rings is 1. The average molecular weight is 715 g/mol. The minimum atomic E-state index is -2.26. The van der Waals surface area contributed by atoms with Crippen molar-refractivity contribution in [3.63, 3.8) is 0 Å². The Morgan fingerprint density at radius 1 is 0.796 bits per heavy atom. The predicted molar refractivity (Wildman–Crippen MR) is 206 cm³/mol. The first-order chi connectivity index (χ1) is 22.7. The van der Waals surface area contributed by atoms with Crippen molar-refractivity contribution in [1.29, 1.82) is 0 Å². The van der Waals surface area contributed by atoms with E-state index in [1.54, 1.807) is 7.11 Å². The molecular weight excluding hydrogens is 649 g/mol. The van der Waals surface area contributed by atoms with E-state index in [1.165, 1.54) is 7.11 Å². The Morgan fingerprint density at radius 2 is 1.37 bits per heavy atom. The molecule has 5 atom stereocenters. The average Bonchev–Trinajstić information content (AvgIpc) is 3.00. The number of ketones is 1. The zero-order valence-corrected chi connectivity index (χ0v) is 34.8. The molecule has 0 saturated heterocycles. The molecular formula is C40H66O7Si2. The van der Waals surface area contributed by atoms with Crippen molar-refractivity contribution >= 4 is 28.4 Å². The van der Waals surface area contributed by atoms with Crippen LogP contribution in [-0.4, -0.2) is 60.9 Å². The van der Waals surface area contributed by atoms with Gasteiger partial charge >= 0.3 is 5.97 Å². The summed E-state index contributed by atoms with van der Waals surface area (Å²) in [5, 5.41) is -0.0280. The number of carbonyl (C=O) groups excluding carboxylic acids is 2. The number of hydrogen-bond acceptors (Lipinski definition) is 7. The molecule has 0 radical (unpaired) electrons. The van der Waals surface area contributed by atoms with E-state index in [0.29, 0.717) is 19.4 Å². The second kappa shape index (κ2) is 18.8. The van der Waals surface area contributed by atoms with Crippen molar-refractivity contribution in [2.75, 3.05) is 14.2 Å². The Hall–Kier alpha value is -2.31. The highest BCUT2D eigenvalue weighted by molar-refractivity contribution is 6.74. The molecule has 0 aliphatic heterocycles. The van der Waals surface area contributed by atoms with Crippen LogP contribution in [0.2, 0.25) is 36.3 Å². The lowest BCUT2D eigenvalue weighted by atomic mass is 9.93. The summed E-state index contributed by atoms with van der Waals surface area (Å²) in [5.41, 5.74) is 1.07. The van der Waals surface area contributed by atoms with Crippen LogP contribution in [0.3, 0.4) is 0 Å². The van der Waals surface area contributed by atoms with Gasteiger partial charge in [0.1, 0.15) is 17.5 Å². The van der Waals surface area contributed by atoms with Crippen molar-refractivity contribution in [3.05, 3.63) is 66.3 Å². The van der Waals surface area contributed by atoms with Crippen LogP contribution in [0.1, 0.15) is 86.1 Å². The van der Waals surface area contributed by atoms with Crippen molar-refractivity contribution in [2.45, 2.75) is 142 Å². The Balaban J connectivity index is 2.50. The van der Waals surface area contributed by atoms with Gasteiger partial charge in [0.25, 0.3) is 0 Å². The van der Waals surface area contributed by atoms with E-state index >= 15 is 0 Å². The molecule has 1 aromatic carbocycles. The first-order valence-corrected chi connectivity index (χ1v) is 23.7. The summed E-state index contributed by atoms with van der Waals surface area (Å²) in [7, 11) is -1.42. The maximum Gasteiger partial charge on any atom is 0.316 e. The first-order valence-electron chi connectivity index (χ1n) is 17.9. The molecule has 0 N–H and O–H groups in total. The van der Waals surface area contributed by atoms with Crippen LogP contribution < -0.4 is 4.74 Å². The lowest BCUT2D eigenvalue weighted by Crippen LogP contribution is -2.48. The Kier molecular flexibility index (Phi) is 16.4. The Labute approximate surface area is 300 Å². The summed E-state index contributed by atoms with van der Waals surface area (Å²) in [6.45, 7) is 24.9. The molecule has 0 amide bonds. The summed E-state index contributed by atoms with van der Waals surface area (Å²) in [6.07, 6.45) is 14.1. The zero-order valence-electron chi connectivity index (χ0n) is 32.8. The molecule has 0 heterocycles. The molecule has 1 aliphatic carbocycles. The Bertz CT molecular complexity index is 1270. The monoisotopic (exact) mass is 714 g/mol. The van der Waals surface area contributed by atoms with Crippen LogP contribution in [0.15, 0.2) is 60.7 Å². The molecule has 9 heteroatoms. The van der Waals surface area contributed by atoms with Crippen molar-refractivity contribution in [3.8, 4) is 5.75 Å². The maximum absolute atomic E-state index is 14.0. The van der Waals surface area contributed by atoms with Gasteiger partial charge < -0.3 is 23.1 Å². The number of ether oxygens (including phenoxy) is 3. The molecule has 1 unspecified atom stereocenters. The maximum atomic E-state index is 14.0. The molecule has 2 rings (SSSR count). The van der Waals surface area contributed by atoms with Crippen LogP contribution in [0.5, 0.6) is 5.75 Å². The number of carbonyl (C=O) groups is 2. The quantitative estimate of drug-likeness (QED) is 0.109. The molecule has 276 valence electrons. The summed E-state index contributed by atoms with van der Waals surface area (Å²) in [5.74, 6) is -0.585. The van der Waals surface area contributed by atoms with Gasteiger partial charge in [-0.25, -0.2) is 0 Å². The molecule has 49 heavy (non-hydrogen) atoms. The fourth-order valence-electron chi connectivity index (χ4n) is 5.20. The molecule has 0 bridgehead atoms. The third kappa shape index (κ3) is 13.7. The number of allylic oxidation sites excluding steroid dienone is 4. The minimum Gasteiger partial charge on any atom is -0.497 e. The normalized spacial score (nSPS) is 26.0. The molecule has 1 aliphatic rings. The fraction of sp³-hybridized carbons (Fsp3) is 0.650. The Morgan fingerprint density at radius 3 is 1.92 bits per heavy atom. The highest BCUT2D eigenvalue weighted by Crippen LogP contribution is 2.41. The SMILES string of the molecule is COC(=O)C1C/C=C/C[C@@H](C)[C@H](OCc2ccc(OC)cc2)/C=C\C=C\C[C@@H](O[Si](C)(C)C(C)(C)C)C[C@@H](O[Si](C)(C)C(C)(C)C)CC1=O. The van der Waals surface area contributed by atoms with Crippen LogP contribution in [0, 0.1) is 11.8 Å². The molecule has 0 saturated carbocycles. The van der Waals surface area contributed by atoms with Gasteiger partial charge in [-0.3, -0.25) is 9.59 Å². The molecule has 7 nitrogen and oxygen atoms in total. The van der Waals surface area contributed by atoms with Crippen molar-refractivity contribution in [2.24, 2.45) is 11.8 Å². The number of rotatable bonds is 9. The number of hydrogen-bond donors (Lipinski definition) is 0. The fourth-order valence-corrected chi connectivity index (χ4v) is 7.94. The van der Waals surface area contributed by atoms with E-state index in [2.05, 4.69) is 99.0 Å². The van der Waals surface area contributed by atoms with Gasteiger partial charge in [-0.15, -0.1) is 0 Å². The second-order valence-electron chi connectivity index (χ2n) is 16.6. The van der Waals surface area contributed by atoms with E-state index in [-0.39, 0.29) is 52.9 Å². The standard InChI is InChI=1S/C40H66O7Si2/c1-30-19-17-18-21-35(38(42)44-9)36(41)28-34(47-49(12,13)40(5,6)7)27-33(46-48(10,11)39(2,3)4)20-15-14-16-22-37(30)45-29-31-23-25-32(43-8)26-24-31/h14-18,22-26,30,33-35,37H,19-21,27-29H2,1-13H3/b15-14+,18-17+,22-16-/t30-,33-,34-,35?,37-/m1/s1. The summed E-state index contributed by atoms with van der Waals surface area (Å²) in [4.78, 5) is 26.9. The number of esters is 1. The van der Waals surface area contributed by atoms with Gasteiger partial charge in [-0.2, -0.15) is 0 Å². The molecule has 0 fully saturated rings. The minimum absolute atomic E-state index is 0.0165. The number of methoxy groups -OCH3 is 2. The van der Waals surface area contributed by atoms with Crippen LogP contribution >= 0.6 is 0 Å². The van der Waals surface area contributed by atoms with E-state index in [1.807, 2.05) is 36.4 Å². The van der Waals surface area contributed by atoms with Gasteiger partial charge in [0.2, 0.25) is 0 Å². The van der Waals surface area contributed by atoms with Gasteiger partial charge in [-0.1, -0.05) is 97.1 Å². The summed E-state index contributed by atoms with van der Waals surface area (Å²) in [6, 6.07) is 7.91. The van der Waals surface area contributed by atoms with Gasteiger partial charge in [-0.05, 0) is 85.6 Å². The van der Waals surface area contributed by atoms with E-state index in [9.17, 15) is 9.59 Å². The van der Waals surface area contributed by atoms with Crippen LogP contribution in [-0.2, 0) is 34.5 Å². The van der Waals surface area contributed by atoms with E-state index in [4.69, 9.17) is 23.1 Å². The highest BCUT2D eigenvalue weighted by atomic mass is 28.4. The highest BCUT2D eigenvalue weighted by Gasteiger charge is 2.43. The summed E-state index contributed by atoms with van der Waals surface area (Å²) >= 11 is 0. The lowest BCUT2D eigenvalue weighted by Gasteiger charge is -2.42. The van der Waals surface area contributed by atoms with Gasteiger partial charge in [0, 0.05) is 6.42 Å². The third-order valence-corrected chi connectivity index (χ3v) is 19.6. The van der Waals surface area contributed by atoms with Crippen molar-refractivity contribution in [1.82, 2.24) is 0 Å². The molecule has 0 spiro atoms. The number of Topliss-reactive ketones (excluding diaryl/α,β-unsaturated/α-hetero) is 1. The largest absolute Gasteiger partial charge is 0.497 e. The lowest BCUT2D eigenvalue weighted by molar-refractivity contribution is -0.149. The van der Waals surface area contributed by atoms with E-state index in [0.717, 1.165) is 17.7 Å². The van der Waals surface area contributed by atoms with Crippen LogP contribution in [0.25, 0.3) is 0 Å². The zero-order chi connectivity index (χ0) is 37.0. The first kappa shape index (κ1) is 42.9. The second-order valence-corrected chi connectivity index (χ2v) is 26.1.